The second-order valence-corrected chi connectivity index (χ2v) is 3.27. The molecule has 0 unspecified atom stereocenters. The maximum atomic E-state index is 4.24. The Bertz CT molecular complexity index is 349. The minimum Gasteiger partial charge on any atom is -0.350 e. The van der Waals surface area contributed by atoms with Gasteiger partial charge in [0.25, 0.3) is 0 Å². The van der Waals surface area contributed by atoms with Crippen molar-refractivity contribution < 1.29 is 0 Å². The number of rotatable bonds is 1. The van der Waals surface area contributed by atoms with Gasteiger partial charge in [-0.05, 0) is 26.0 Å². The molecule has 0 amide bonds. The van der Waals surface area contributed by atoms with Crippen LogP contribution in [0.1, 0.15) is 19.9 Å². The molecule has 2 nitrogen and oxygen atoms in total. The fourth-order valence-corrected chi connectivity index (χ4v) is 1.28. The van der Waals surface area contributed by atoms with Gasteiger partial charge in [0.1, 0.15) is 0 Å². The van der Waals surface area contributed by atoms with Gasteiger partial charge in [0.15, 0.2) is 0 Å². The van der Waals surface area contributed by atoms with Gasteiger partial charge in [-0.15, -0.1) is 0 Å². The fourth-order valence-electron chi connectivity index (χ4n) is 1.28. The molecule has 2 heterocycles. The summed E-state index contributed by atoms with van der Waals surface area (Å²) in [4.78, 5) is 4.24. The van der Waals surface area contributed by atoms with Gasteiger partial charge in [0.2, 0.25) is 0 Å². The Morgan fingerprint density at radius 2 is 2.17 bits per heavy atom. The highest BCUT2D eigenvalue weighted by Gasteiger charge is 2.03. The summed E-state index contributed by atoms with van der Waals surface area (Å²) < 4.78 is 2.16. The highest BCUT2D eigenvalue weighted by atomic mass is 15.0. The van der Waals surface area contributed by atoms with Crippen LogP contribution in [0.4, 0.5) is 0 Å². The molecule has 0 bridgehead atoms. The lowest BCUT2D eigenvalue weighted by molar-refractivity contribution is 0.596. The van der Waals surface area contributed by atoms with E-state index < -0.39 is 0 Å². The largest absolute Gasteiger partial charge is 0.350 e. The molecular weight excluding hydrogens is 148 g/mol. The molecule has 12 heavy (non-hydrogen) atoms. The van der Waals surface area contributed by atoms with Gasteiger partial charge in [0.05, 0.1) is 5.69 Å². The first-order valence-electron chi connectivity index (χ1n) is 4.19. The van der Waals surface area contributed by atoms with E-state index >= 15 is 0 Å². The summed E-state index contributed by atoms with van der Waals surface area (Å²) in [6.45, 7) is 4.32. The number of aromatic nitrogens is 2. The lowest BCUT2D eigenvalue weighted by atomic mass is 10.2. The van der Waals surface area contributed by atoms with Crippen LogP contribution in [0.3, 0.4) is 0 Å². The molecule has 0 radical (unpaired) electrons. The summed E-state index contributed by atoms with van der Waals surface area (Å²) in [5.74, 6) is 0. The molecule has 2 heteroatoms. The van der Waals surface area contributed by atoms with Crippen molar-refractivity contribution in [3.8, 4) is 11.3 Å². The van der Waals surface area contributed by atoms with E-state index in [0.717, 1.165) is 5.69 Å². The molecule has 0 N–H and O–H groups in total. The van der Waals surface area contributed by atoms with Crippen molar-refractivity contribution in [3.05, 3.63) is 30.7 Å². The zero-order valence-electron chi connectivity index (χ0n) is 7.36. The van der Waals surface area contributed by atoms with Gasteiger partial charge in [-0.2, -0.15) is 0 Å². The number of pyridine rings is 1. The Morgan fingerprint density at radius 3 is 2.92 bits per heavy atom. The van der Waals surface area contributed by atoms with Crippen LogP contribution in [0.5, 0.6) is 0 Å². The maximum Gasteiger partial charge on any atom is 0.0864 e. The molecular formula is C10H12N2. The zero-order chi connectivity index (χ0) is 8.55. The first kappa shape index (κ1) is 7.35. The topological polar surface area (TPSA) is 17.8 Å². The predicted octanol–water partition coefficient (Wildman–Crippen LogP) is 2.57. The van der Waals surface area contributed by atoms with Crippen molar-refractivity contribution >= 4 is 0 Å². The average Bonchev–Trinajstić information content (AvgIpc) is 2.49. The summed E-state index contributed by atoms with van der Waals surface area (Å²) in [5, 5.41) is 0. The fraction of sp³-hybridized carbons (Fsp3) is 0.300. The van der Waals surface area contributed by atoms with Crippen LogP contribution in [-0.2, 0) is 0 Å². The quantitative estimate of drug-likeness (QED) is 0.627. The molecule has 0 fully saturated rings. The molecule has 0 aromatic rings. The van der Waals surface area contributed by atoms with Crippen molar-refractivity contribution in [2.75, 3.05) is 0 Å². The van der Waals surface area contributed by atoms with E-state index in [1.165, 1.54) is 5.56 Å². The molecule has 2 rings (SSSR count). The second-order valence-electron chi connectivity index (χ2n) is 3.27. The molecule has 0 atom stereocenters. The van der Waals surface area contributed by atoms with Crippen molar-refractivity contribution in [3.63, 3.8) is 0 Å². The molecule has 0 aromatic carbocycles. The van der Waals surface area contributed by atoms with Gasteiger partial charge < -0.3 is 4.57 Å². The van der Waals surface area contributed by atoms with Crippen LogP contribution >= 0.6 is 0 Å². The van der Waals surface area contributed by atoms with E-state index in [1.54, 1.807) is 0 Å². The lowest BCUT2D eigenvalue weighted by Crippen LogP contribution is -2.00. The summed E-state index contributed by atoms with van der Waals surface area (Å²) in [6, 6.07) is 4.63. The summed E-state index contributed by atoms with van der Waals surface area (Å²) in [6.07, 6.45) is 6.02. The highest BCUT2D eigenvalue weighted by Crippen LogP contribution is 2.19. The van der Waals surface area contributed by atoms with Crippen LogP contribution in [0.2, 0.25) is 0 Å². The molecule has 0 saturated heterocycles. The Labute approximate surface area is 72.2 Å². The van der Waals surface area contributed by atoms with Gasteiger partial charge in [0, 0.05) is 30.2 Å². The van der Waals surface area contributed by atoms with Crippen LogP contribution < -0.4 is 0 Å². The molecule has 0 aliphatic carbocycles. The third-order valence-electron chi connectivity index (χ3n) is 2.06. The predicted molar refractivity (Wildman–Crippen MR) is 49.2 cm³/mol. The van der Waals surface area contributed by atoms with E-state index in [2.05, 4.69) is 41.9 Å². The molecule has 0 aromatic heterocycles. The summed E-state index contributed by atoms with van der Waals surface area (Å²) >= 11 is 0. The van der Waals surface area contributed by atoms with Gasteiger partial charge in [-0.1, -0.05) is 0 Å². The van der Waals surface area contributed by atoms with Crippen LogP contribution in [0.15, 0.2) is 30.7 Å². The number of hydrogen-bond donors (Lipinski definition) is 0. The number of nitrogens with zero attached hydrogens (tertiary/aromatic N) is 2. The van der Waals surface area contributed by atoms with Gasteiger partial charge in [-0.3, -0.25) is 4.98 Å². The third-order valence-corrected chi connectivity index (χ3v) is 2.06. The Balaban J connectivity index is 2.54. The van der Waals surface area contributed by atoms with E-state index in [0.29, 0.717) is 6.04 Å². The normalized spacial score (nSPS) is 11.2. The Morgan fingerprint density at radius 1 is 1.33 bits per heavy atom. The molecule has 0 saturated carbocycles. The monoisotopic (exact) mass is 160 g/mol. The smallest absolute Gasteiger partial charge is 0.0864 e. The van der Waals surface area contributed by atoms with Crippen molar-refractivity contribution in [1.29, 1.82) is 0 Å². The van der Waals surface area contributed by atoms with Gasteiger partial charge >= 0.3 is 0 Å². The average molecular weight is 160 g/mol. The van der Waals surface area contributed by atoms with Crippen molar-refractivity contribution in [1.82, 2.24) is 9.55 Å². The minimum absolute atomic E-state index is 0.506. The summed E-state index contributed by atoms with van der Waals surface area (Å²) in [5.41, 5.74) is 2.29. The Kier molecular flexibility index (Phi) is 1.61. The Hall–Kier alpha value is -1.31. The van der Waals surface area contributed by atoms with Crippen LogP contribution in [0, 0.1) is 0 Å². The van der Waals surface area contributed by atoms with E-state index in [-0.39, 0.29) is 0 Å². The van der Waals surface area contributed by atoms with E-state index in [1.807, 2.05) is 12.3 Å². The maximum absolute atomic E-state index is 4.24. The third kappa shape index (κ3) is 1.09. The van der Waals surface area contributed by atoms with Crippen LogP contribution in [-0.4, -0.2) is 9.55 Å². The molecule has 2 aliphatic heterocycles. The zero-order valence-corrected chi connectivity index (χ0v) is 7.36. The first-order chi connectivity index (χ1) is 5.77. The second kappa shape index (κ2) is 2.63. The molecule has 0 spiro atoms. The van der Waals surface area contributed by atoms with E-state index in [4.69, 9.17) is 0 Å². The molecule has 2 aliphatic rings. The lowest BCUT2D eigenvalue weighted by Gasteiger charge is -2.11. The number of hydrogen-bond acceptors (Lipinski definition) is 1. The summed E-state index contributed by atoms with van der Waals surface area (Å²) in [7, 11) is 0. The number of fused-ring (bicyclic) bond motifs is 1. The molecule has 62 valence electrons. The SMILES string of the molecule is CC(C)n1ccc2ccnc-2c1. The highest BCUT2D eigenvalue weighted by molar-refractivity contribution is 5.59. The first-order valence-corrected chi connectivity index (χ1v) is 4.19. The standard InChI is InChI=1S/C10H12N2/c1-8(2)12-6-4-9-3-5-11-10(9)7-12/h3-8H,1-2H3. The van der Waals surface area contributed by atoms with E-state index in [9.17, 15) is 0 Å². The van der Waals surface area contributed by atoms with Gasteiger partial charge in [-0.25, -0.2) is 0 Å². The van der Waals surface area contributed by atoms with Crippen molar-refractivity contribution in [2.45, 2.75) is 19.9 Å². The minimum atomic E-state index is 0.506. The van der Waals surface area contributed by atoms with Crippen molar-refractivity contribution in [2.24, 2.45) is 0 Å². The van der Waals surface area contributed by atoms with Crippen LogP contribution in [0.25, 0.3) is 11.3 Å².